The summed E-state index contributed by atoms with van der Waals surface area (Å²) in [5, 5.41) is 0.896. The van der Waals surface area contributed by atoms with Crippen LogP contribution in [0.25, 0.3) is 10.9 Å². The van der Waals surface area contributed by atoms with E-state index in [2.05, 4.69) is 4.98 Å². The summed E-state index contributed by atoms with van der Waals surface area (Å²) in [6.07, 6.45) is 0.650. The molecule has 0 bridgehead atoms. The second-order valence-electron chi connectivity index (χ2n) is 8.12. The Bertz CT molecular complexity index is 1350. The molecule has 1 atom stereocenters. The summed E-state index contributed by atoms with van der Waals surface area (Å²) in [6.45, 7) is 0.311. The van der Waals surface area contributed by atoms with Gasteiger partial charge in [0.15, 0.2) is 11.6 Å². The van der Waals surface area contributed by atoms with E-state index < -0.39 is 23.5 Å². The van der Waals surface area contributed by atoms with E-state index in [0.717, 1.165) is 28.1 Å². The topological polar surface area (TPSA) is 45.3 Å². The maximum Gasteiger partial charge on any atom is 0.227 e. The Hall–Kier alpha value is -3.74. The number of aromatic amines is 1. The van der Waals surface area contributed by atoms with Crippen molar-refractivity contribution in [1.29, 1.82) is 0 Å². The molecule has 0 fully saturated rings. The summed E-state index contributed by atoms with van der Waals surface area (Å²) in [5.74, 6) is -2.89. The molecule has 3 aromatic carbocycles. The lowest BCUT2D eigenvalue weighted by atomic mass is 9.91. The number of carbonyl (C=O) groups excluding carboxylic acids is 1. The average molecular weight is 450 g/mol. The maximum absolute atomic E-state index is 15.0. The number of benzene rings is 3. The normalized spacial score (nSPS) is 15.5. The third-order valence-corrected chi connectivity index (χ3v) is 6.19. The van der Waals surface area contributed by atoms with Gasteiger partial charge in [0.05, 0.1) is 13.5 Å². The predicted octanol–water partition coefficient (Wildman–Crippen LogP) is 5.31. The minimum Gasteiger partial charge on any atom is -0.497 e. The first-order valence-corrected chi connectivity index (χ1v) is 10.6. The van der Waals surface area contributed by atoms with Crippen molar-refractivity contribution in [3.63, 3.8) is 0 Å². The van der Waals surface area contributed by atoms with Crippen LogP contribution in [0.2, 0.25) is 0 Å². The molecule has 1 aromatic heterocycles. The van der Waals surface area contributed by atoms with Crippen molar-refractivity contribution in [2.24, 2.45) is 0 Å². The van der Waals surface area contributed by atoms with E-state index in [1.54, 1.807) is 13.2 Å². The predicted molar refractivity (Wildman–Crippen MR) is 119 cm³/mol. The lowest BCUT2D eigenvalue weighted by Gasteiger charge is -2.36. The van der Waals surface area contributed by atoms with Crippen LogP contribution in [0.1, 0.15) is 28.4 Å². The Morgan fingerprint density at radius 1 is 1.03 bits per heavy atom. The quantitative estimate of drug-likeness (QED) is 0.429. The van der Waals surface area contributed by atoms with Crippen molar-refractivity contribution in [2.75, 3.05) is 13.7 Å². The highest BCUT2D eigenvalue weighted by molar-refractivity contribution is 5.88. The van der Waals surface area contributed by atoms with E-state index in [9.17, 15) is 18.0 Å². The summed E-state index contributed by atoms with van der Waals surface area (Å²) < 4.78 is 48.2. The van der Waals surface area contributed by atoms with Gasteiger partial charge < -0.3 is 14.6 Å². The highest BCUT2D eigenvalue weighted by Crippen LogP contribution is 2.40. The van der Waals surface area contributed by atoms with Gasteiger partial charge in [-0.3, -0.25) is 4.79 Å². The minimum atomic E-state index is -1.27. The van der Waals surface area contributed by atoms with Crippen LogP contribution < -0.4 is 4.74 Å². The number of amides is 1. The van der Waals surface area contributed by atoms with Crippen LogP contribution >= 0.6 is 0 Å². The lowest BCUT2D eigenvalue weighted by molar-refractivity contribution is -0.132. The molecule has 4 nitrogen and oxygen atoms in total. The van der Waals surface area contributed by atoms with E-state index in [1.165, 1.54) is 4.90 Å². The molecule has 2 heterocycles. The SMILES string of the molecule is COc1ccc2[nH]c3c(c2c1)CCN(C(=O)Cc1ccccc1)[C@H]3c1cc(F)c(F)cc1F. The number of H-pyrrole nitrogens is 1. The van der Waals surface area contributed by atoms with Gasteiger partial charge in [-0.05, 0) is 41.8 Å². The fraction of sp³-hybridized carbons (Fsp3) is 0.192. The summed E-state index contributed by atoms with van der Waals surface area (Å²) in [7, 11) is 1.57. The van der Waals surface area contributed by atoms with Crippen molar-refractivity contribution in [2.45, 2.75) is 18.9 Å². The van der Waals surface area contributed by atoms with E-state index in [-0.39, 0.29) is 17.9 Å². The van der Waals surface area contributed by atoms with E-state index in [1.807, 2.05) is 42.5 Å². The van der Waals surface area contributed by atoms with Crippen molar-refractivity contribution >= 4 is 16.8 Å². The van der Waals surface area contributed by atoms with Crippen LogP contribution in [0.5, 0.6) is 5.75 Å². The number of carbonyl (C=O) groups is 1. The molecule has 5 rings (SSSR count). The molecular weight excluding hydrogens is 429 g/mol. The molecule has 1 aliphatic rings. The smallest absolute Gasteiger partial charge is 0.227 e. The summed E-state index contributed by atoms with van der Waals surface area (Å²) in [6, 6.07) is 15.2. The standard InChI is InChI=1S/C26H21F3N2O2/c1-33-16-7-8-23-18(12-16)17-9-10-31(24(32)11-15-5-3-2-4-6-15)26(25(17)30-23)19-13-21(28)22(29)14-20(19)27/h2-8,12-14,26,30H,9-11H2,1H3/t26-/m0/s1. The van der Waals surface area contributed by atoms with Gasteiger partial charge in [-0.2, -0.15) is 0 Å². The number of fused-ring (bicyclic) bond motifs is 3. The Balaban J connectivity index is 1.65. The van der Waals surface area contributed by atoms with Gasteiger partial charge >= 0.3 is 0 Å². The molecule has 0 saturated carbocycles. The third-order valence-electron chi connectivity index (χ3n) is 6.19. The Morgan fingerprint density at radius 3 is 2.55 bits per heavy atom. The molecule has 0 radical (unpaired) electrons. The Kier molecular flexibility index (Phi) is 5.32. The number of nitrogens with one attached hydrogen (secondary N) is 1. The van der Waals surface area contributed by atoms with Gasteiger partial charge in [-0.15, -0.1) is 0 Å². The molecular formula is C26H21F3N2O2. The zero-order chi connectivity index (χ0) is 23.1. The molecule has 0 spiro atoms. The number of methoxy groups -OCH3 is 1. The zero-order valence-corrected chi connectivity index (χ0v) is 17.9. The number of aromatic nitrogens is 1. The molecule has 4 aromatic rings. The summed E-state index contributed by atoms with van der Waals surface area (Å²) in [4.78, 5) is 18.2. The molecule has 1 aliphatic heterocycles. The molecule has 0 aliphatic carbocycles. The number of rotatable bonds is 4. The largest absolute Gasteiger partial charge is 0.497 e. The van der Waals surface area contributed by atoms with Gasteiger partial charge in [-0.1, -0.05) is 30.3 Å². The van der Waals surface area contributed by atoms with Crippen molar-refractivity contribution in [1.82, 2.24) is 9.88 Å². The van der Waals surface area contributed by atoms with Gasteiger partial charge in [0.1, 0.15) is 17.6 Å². The van der Waals surface area contributed by atoms with Crippen molar-refractivity contribution in [3.05, 3.63) is 100 Å². The second kappa shape index (κ2) is 8.31. The van der Waals surface area contributed by atoms with Gasteiger partial charge in [0.2, 0.25) is 5.91 Å². The molecule has 33 heavy (non-hydrogen) atoms. The monoisotopic (exact) mass is 450 g/mol. The maximum atomic E-state index is 15.0. The molecule has 0 saturated heterocycles. The molecule has 1 amide bonds. The highest BCUT2D eigenvalue weighted by Gasteiger charge is 2.36. The minimum absolute atomic E-state index is 0.0882. The Labute approximate surface area is 188 Å². The number of ether oxygens (including phenoxy) is 1. The first-order valence-electron chi connectivity index (χ1n) is 10.6. The first kappa shape index (κ1) is 21.1. The van der Waals surface area contributed by atoms with Crippen LogP contribution in [0.15, 0.2) is 60.7 Å². The average Bonchev–Trinajstić information content (AvgIpc) is 3.19. The molecule has 7 heteroatoms. The van der Waals surface area contributed by atoms with Gasteiger partial charge in [0, 0.05) is 34.8 Å². The summed E-state index contributed by atoms with van der Waals surface area (Å²) in [5.41, 5.74) is 3.03. The van der Waals surface area contributed by atoms with Crippen LogP contribution in [0.4, 0.5) is 13.2 Å². The highest BCUT2D eigenvalue weighted by atomic mass is 19.2. The zero-order valence-electron chi connectivity index (χ0n) is 17.9. The fourth-order valence-electron chi connectivity index (χ4n) is 4.61. The van der Waals surface area contributed by atoms with E-state index >= 15 is 0 Å². The number of nitrogens with zero attached hydrogens (tertiary/aromatic N) is 1. The van der Waals surface area contributed by atoms with Crippen molar-refractivity contribution < 1.29 is 22.7 Å². The van der Waals surface area contributed by atoms with Crippen LogP contribution in [-0.4, -0.2) is 29.4 Å². The van der Waals surface area contributed by atoms with Crippen LogP contribution in [-0.2, 0) is 17.6 Å². The fourth-order valence-corrected chi connectivity index (χ4v) is 4.61. The number of hydrogen-bond donors (Lipinski definition) is 1. The first-order chi connectivity index (χ1) is 16.0. The molecule has 0 unspecified atom stereocenters. The van der Waals surface area contributed by atoms with Gasteiger partial charge in [-0.25, -0.2) is 13.2 Å². The second-order valence-corrected chi connectivity index (χ2v) is 8.12. The lowest BCUT2D eigenvalue weighted by Crippen LogP contribution is -2.41. The third kappa shape index (κ3) is 3.73. The Morgan fingerprint density at radius 2 is 1.79 bits per heavy atom. The summed E-state index contributed by atoms with van der Waals surface area (Å²) >= 11 is 0. The van der Waals surface area contributed by atoms with Crippen molar-refractivity contribution in [3.8, 4) is 5.75 Å². The molecule has 168 valence electrons. The van der Waals surface area contributed by atoms with Gasteiger partial charge in [0.25, 0.3) is 0 Å². The number of halogens is 3. The van der Waals surface area contributed by atoms with E-state index in [4.69, 9.17) is 4.74 Å². The van der Waals surface area contributed by atoms with Crippen LogP contribution in [0, 0.1) is 17.5 Å². The molecule has 1 N–H and O–H groups in total. The number of hydrogen-bond acceptors (Lipinski definition) is 2. The van der Waals surface area contributed by atoms with E-state index in [0.29, 0.717) is 30.5 Å². The van der Waals surface area contributed by atoms with Crippen LogP contribution in [0.3, 0.4) is 0 Å².